The van der Waals surface area contributed by atoms with Crippen LogP contribution in [0.3, 0.4) is 0 Å². The van der Waals surface area contributed by atoms with E-state index < -0.39 is 48.8 Å². The van der Waals surface area contributed by atoms with E-state index in [9.17, 15) is 24.3 Å². The molecule has 0 radical (unpaired) electrons. The van der Waals surface area contributed by atoms with E-state index in [-0.39, 0.29) is 28.9 Å². The maximum atomic E-state index is 9.85. The first-order valence-electron chi connectivity index (χ1n) is 10.6. The number of hydrogen-bond acceptors (Lipinski definition) is 9. The number of hydrazone groups is 1. The Hall–Kier alpha value is -3.68. The third-order valence-electron chi connectivity index (χ3n) is 4.66. The second kappa shape index (κ2) is 16.9. The van der Waals surface area contributed by atoms with Crippen molar-refractivity contribution in [2.75, 3.05) is 0 Å². The van der Waals surface area contributed by atoms with Crippen LogP contribution in [0.4, 0.5) is 0 Å². The summed E-state index contributed by atoms with van der Waals surface area (Å²) < 4.78 is 0. The van der Waals surface area contributed by atoms with Gasteiger partial charge in [0.2, 0.25) is 0 Å². The molecular weight excluding hydrogens is 568 g/mol. The number of carboxylic acid groups (broad SMARTS) is 4. The number of hydrogen-bond donors (Lipinski definition) is 8. The minimum absolute atomic E-state index is 0. The first-order valence-corrected chi connectivity index (χ1v) is 11.0. The Kier molecular flexibility index (Phi) is 15.3. The van der Waals surface area contributed by atoms with Crippen molar-refractivity contribution in [2.24, 2.45) is 16.6 Å². The van der Waals surface area contributed by atoms with Crippen LogP contribution in [0.2, 0.25) is 5.02 Å². The fourth-order valence-corrected chi connectivity index (χ4v) is 2.89. The number of nitrogens with one attached hydrogen (secondary N) is 1. The van der Waals surface area contributed by atoms with Gasteiger partial charge in [0.05, 0.1) is 24.6 Å². The number of phenolic OH excluding ortho intramolecular Hbond substituents is 1. The summed E-state index contributed by atoms with van der Waals surface area (Å²) in [5.41, 5.74) is 15.6. The Morgan fingerprint density at radius 3 is 1.76 bits per heavy atom. The van der Waals surface area contributed by atoms with Gasteiger partial charge in [0.1, 0.15) is 17.8 Å². The van der Waals surface area contributed by atoms with Crippen molar-refractivity contribution in [1.82, 2.24) is 5.43 Å². The molecule has 2 aromatic rings. The van der Waals surface area contributed by atoms with Crippen molar-refractivity contribution in [2.45, 2.75) is 37.4 Å². The molecule has 3 unspecified atom stereocenters. The number of benzene rings is 2. The number of aliphatic carboxylic acids is 4. The third kappa shape index (κ3) is 12.5. The zero-order valence-electron chi connectivity index (χ0n) is 19.7. The predicted octanol–water partition coefficient (Wildman–Crippen LogP) is 1.23. The second-order valence-corrected chi connectivity index (χ2v) is 8.03. The molecule has 2 aromatic carbocycles. The maximum Gasteiger partial charge on any atom is 0.321 e. The van der Waals surface area contributed by atoms with E-state index in [4.69, 9.17) is 43.5 Å². The molecule has 13 nitrogen and oxygen atoms in total. The monoisotopic (exact) mass is 594 g/mol. The van der Waals surface area contributed by atoms with Gasteiger partial charge in [-0.1, -0.05) is 35.9 Å². The Morgan fingerprint density at radius 1 is 0.895 bits per heavy atom. The summed E-state index contributed by atoms with van der Waals surface area (Å²) in [6.45, 7) is 0. The van der Waals surface area contributed by atoms with Gasteiger partial charge in [-0.3, -0.25) is 19.2 Å². The van der Waals surface area contributed by atoms with Gasteiger partial charge < -0.3 is 42.4 Å². The molecule has 0 saturated carbocycles. The molecule has 0 spiro atoms. The van der Waals surface area contributed by atoms with Crippen molar-refractivity contribution in [3.8, 4) is 5.75 Å². The zero-order chi connectivity index (χ0) is 28.1. The fraction of sp³-hybridized carbons (Fsp3) is 0.261. The van der Waals surface area contributed by atoms with Crippen LogP contribution >= 0.6 is 11.6 Å². The summed E-state index contributed by atoms with van der Waals surface area (Å²) in [6, 6.07) is 12.5. The molecule has 15 heteroatoms. The molecule has 1 heterocycles. The summed E-state index contributed by atoms with van der Waals surface area (Å²) >= 11 is 5.88. The SMILES string of the molecule is NC(CC(=O)O)C(=O)O.NC(CC(=O)O)C(=O)O.Oc1ccccc1C1=NNC(c2ccc(Cl)cc2)C1.[Fe]. The van der Waals surface area contributed by atoms with Crippen LogP contribution < -0.4 is 16.9 Å². The quantitative estimate of drug-likeness (QED) is 0.201. The fourth-order valence-electron chi connectivity index (χ4n) is 2.77. The van der Waals surface area contributed by atoms with Crippen molar-refractivity contribution >= 4 is 41.2 Å². The van der Waals surface area contributed by atoms with Crippen molar-refractivity contribution in [3.63, 3.8) is 0 Å². The second-order valence-electron chi connectivity index (χ2n) is 7.60. The zero-order valence-corrected chi connectivity index (χ0v) is 21.5. The molecule has 1 aliphatic rings. The molecule has 38 heavy (non-hydrogen) atoms. The molecule has 208 valence electrons. The van der Waals surface area contributed by atoms with Gasteiger partial charge >= 0.3 is 23.9 Å². The van der Waals surface area contributed by atoms with Crippen LogP contribution in [0, 0.1) is 0 Å². The van der Waals surface area contributed by atoms with Gasteiger partial charge in [0, 0.05) is 34.1 Å². The average molecular weight is 595 g/mol. The molecule has 1 aliphatic heterocycles. The number of carbonyl (C=O) groups is 4. The Balaban J connectivity index is 0.000000613. The van der Waals surface area contributed by atoms with Gasteiger partial charge in [0.25, 0.3) is 0 Å². The van der Waals surface area contributed by atoms with Crippen LogP contribution in [0.1, 0.15) is 36.4 Å². The van der Waals surface area contributed by atoms with Crippen molar-refractivity contribution in [1.29, 1.82) is 0 Å². The summed E-state index contributed by atoms with van der Waals surface area (Å²) in [4.78, 5) is 39.2. The molecule has 0 aromatic heterocycles. The van der Waals surface area contributed by atoms with Gasteiger partial charge in [0.15, 0.2) is 0 Å². The number of phenols is 1. The van der Waals surface area contributed by atoms with E-state index >= 15 is 0 Å². The number of nitrogens with two attached hydrogens (primary N) is 2. The van der Waals surface area contributed by atoms with E-state index in [1.54, 1.807) is 12.1 Å². The van der Waals surface area contributed by atoms with Crippen LogP contribution in [-0.4, -0.2) is 67.2 Å². The number of halogens is 1. The third-order valence-corrected chi connectivity index (χ3v) is 4.92. The number of nitrogens with zero attached hydrogens (tertiary/aromatic N) is 1. The molecule has 10 N–H and O–H groups in total. The standard InChI is InChI=1S/C15H13ClN2O.2C4H7NO4.Fe/c16-11-7-5-10(6-8-11)13-9-14(18-17-13)12-3-1-2-4-15(12)19;2*5-2(4(8)9)1-3(6)7;/h1-8,13,17,19H,9H2;2*2H,1,5H2,(H,6,7)(H,8,9);. The molecule has 0 fully saturated rings. The molecule has 0 bridgehead atoms. The van der Waals surface area contributed by atoms with E-state index in [2.05, 4.69) is 10.5 Å². The molecule has 3 atom stereocenters. The number of para-hydroxylation sites is 1. The summed E-state index contributed by atoms with van der Waals surface area (Å²) in [6.07, 6.45) is -0.316. The molecule has 0 amide bonds. The summed E-state index contributed by atoms with van der Waals surface area (Å²) in [5, 5.41) is 46.9. The number of aromatic hydroxyl groups is 1. The maximum absolute atomic E-state index is 9.85. The van der Waals surface area contributed by atoms with E-state index in [1.807, 2.05) is 36.4 Å². The minimum atomic E-state index is -1.29. The first-order chi connectivity index (χ1) is 17.3. The van der Waals surface area contributed by atoms with Gasteiger partial charge in [-0.25, -0.2) is 0 Å². The summed E-state index contributed by atoms with van der Waals surface area (Å²) in [5.74, 6) is -4.73. The average Bonchev–Trinajstić information content (AvgIpc) is 3.30. The van der Waals surface area contributed by atoms with Crippen molar-refractivity contribution in [3.05, 3.63) is 64.7 Å². The molecule has 3 rings (SSSR count). The van der Waals surface area contributed by atoms with E-state index in [1.165, 1.54) is 0 Å². The normalized spacial score (nSPS) is 14.9. The number of carboxylic acids is 4. The smallest absolute Gasteiger partial charge is 0.321 e. The number of rotatable bonds is 8. The Morgan fingerprint density at radius 2 is 1.37 bits per heavy atom. The molecule has 0 aliphatic carbocycles. The summed E-state index contributed by atoms with van der Waals surface area (Å²) in [7, 11) is 0. The van der Waals surface area contributed by atoms with Crippen LogP contribution in [0.25, 0.3) is 0 Å². The van der Waals surface area contributed by atoms with Crippen LogP contribution in [-0.2, 0) is 36.2 Å². The Bertz CT molecular complexity index is 1100. The molecular formula is C23H27ClFeN4O9. The van der Waals surface area contributed by atoms with E-state index in [0.717, 1.165) is 28.3 Å². The van der Waals surface area contributed by atoms with Crippen molar-refractivity contribution < 1.29 is 61.8 Å². The minimum Gasteiger partial charge on any atom is -0.507 e. The van der Waals surface area contributed by atoms with Gasteiger partial charge in [-0.05, 0) is 29.8 Å². The topological polar surface area (TPSA) is 246 Å². The van der Waals surface area contributed by atoms with Crippen LogP contribution in [0.5, 0.6) is 5.75 Å². The largest absolute Gasteiger partial charge is 0.507 e. The van der Waals surface area contributed by atoms with Gasteiger partial charge in [-0.2, -0.15) is 5.10 Å². The Labute approximate surface area is 232 Å². The molecule has 0 saturated heterocycles. The first kappa shape index (κ1) is 34.3. The van der Waals surface area contributed by atoms with E-state index in [0.29, 0.717) is 0 Å². The van der Waals surface area contributed by atoms with Gasteiger partial charge in [-0.15, -0.1) is 0 Å². The van der Waals surface area contributed by atoms with Crippen LogP contribution in [0.15, 0.2) is 53.6 Å². The predicted molar refractivity (Wildman–Crippen MR) is 132 cm³/mol.